The zero-order valence-electron chi connectivity index (χ0n) is 12.2. The number of aryl methyl sites for hydroxylation is 3. The summed E-state index contributed by atoms with van der Waals surface area (Å²) in [5.41, 5.74) is 4.95. The van der Waals surface area contributed by atoms with E-state index in [0.29, 0.717) is 6.61 Å². The molecule has 20 heavy (non-hydrogen) atoms. The molecule has 0 N–H and O–H groups in total. The lowest BCUT2D eigenvalue weighted by Crippen LogP contribution is -2.02. The number of hydrogen-bond donors (Lipinski definition) is 0. The van der Waals surface area contributed by atoms with Gasteiger partial charge in [-0.15, -0.1) is 0 Å². The van der Waals surface area contributed by atoms with E-state index in [-0.39, 0.29) is 0 Å². The maximum Gasteiger partial charge on any atom is 0.128 e. The molecule has 2 aromatic carbocycles. The van der Waals surface area contributed by atoms with Crippen molar-refractivity contribution in [2.24, 2.45) is 7.05 Å². The maximum atomic E-state index is 5.95. The Bertz CT molecular complexity index is 755. The van der Waals surface area contributed by atoms with E-state index in [9.17, 15) is 0 Å². The Morgan fingerprint density at radius 3 is 2.45 bits per heavy atom. The van der Waals surface area contributed by atoms with Crippen LogP contribution in [0.2, 0.25) is 0 Å². The van der Waals surface area contributed by atoms with Crippen LogP contribution >= 0.6 is 0 Å². The molecule has 0 aliphatic carbocycles. The van der Waals surface area contributed by atoms with Gasteiger partial charge in [-0.2, -0.15) is 0 Å². The lowest BCUT2D eigenvalue weighted by atomic mass is 10.2. The molecule has 2 heteroatoms. The van der Waals surface area contributed by atoms with Crippen molar-refractivity contribution in [2.75, 3.05) is 0 Å². The van der Waals surface area contributed by atoms with Crippen LogP contribution in [0, 0.1) is 13.8 Å². The third-order valence-corrected chi connectivity index (χ3v) is 3.83. The molecular formula is C18H19NO. The molecule has 0 spiro atoms. The summed E-state index contributed by atoms with van der Waals surface area (Å²) >= 11 is 0. The van der Waals surface area contributed by atoms with Gasteiger partial charge in [-0.1, -0.05) is 36.4 Å². The first-order valence-electron chi connectivity index (χ1n) is 6.89. The van der Waals surface area contributed by atoms with Gasteiger partial charge >= 0.3 is 0 Å². The molecule has 0 fully saturated rings. The molecule has 0 atom stereocenters. The Balaban J connectivity index is 1.90. The minimum Gasteiger partial charge on any atom is -0.487 e. The van der Waals surface area contributed by atoms with Crippen LogP contribution in [0.3, 0.4) is 0 Å². The predicted molar refractivity (Wildman–Crippen MR) is 83.2 cm³/mol. The van der Waals surface area contributed by atoms with Crippen molar-refractivity contribution in [1.82, 2.24) is 4.57 Å². The lowest BCUT2D eigenvalue weighted by molar-refractivity contribution is 0.295. The quantitative estimate of drug-likeness (QED) is 0.685. The first-order chi connectivity index (χ1) is 9.66. The molecule has 0 unspecified atom stereocenters. The summed E-state index contributed by atoms with van der Waals surface area (Å²) in [6.07, 6.45) is 0. The number of nitrogens with zero attached hydrogens (tertiary/aromatic N) is 1. The van der Waals surface area contributed by atoms with Gasteiger partial charge in [-0.3, -0.25) is 0 Å². The van der Waals surface area contributed by atoms with Crippen molar-refractivity contribution < 1.29 is 4.74 Å². The fraction of sp³-hybridized carbons (Fsp3) is 0.222. The second-order valence-corrected chi connectivity index (χ2v) is 5.26. The van der Waals surface area contributed by atoms with Crippen molar-refractivity contribution >= 4 is 10.9 Å². The minimum atomic E-state index is 0.593. The molecule has 3 rings (SSSR count). The predicted octanol–water partition coefficient (Wildman–Crippen LogP) is 4.37. The Labute approximate surface area is 119 Å². The highest BCUT2D eigenvalue weighted by Crippen LogP contribution is 2.24. The summed E-state index contributed by atoms with van der Waals surface area (Å²) in [4.78, 5) is 0. The largest absolute Gasteiger partial charge is 0.487 e. The maximum absolute atomic E-state index is 5.95. The lowest BCUT2D eigenvalue weighted by Gasteiger charge is -2.10. The van der Waals surface area contributed by atoms with E-state index >= 15 is 0 Å². The standard InChI is InChI=1S/C18H19NO/c1-13-7-4-5-10-17(13)20-12-16-11-15-9-6-8-14(2)18(15)19(16)3/h4-11H,12H2,1-3H3. The van der Waals surface area contributed by atoms with E-state index in [1.54, 1.807) is 0 Å². The second kappa shape index (κ2) is 5.04. The molecule has 3 aromatic rings. The summed E-state index contributed by atoms with van der Waals surface area (Å²) in [5.74, 6) is 0.953. The van der Waals surface area contributed by atoms with Gasteiger partial charge in [0.15, 0.2) is 0 Å². The number of aromatic nitrogens is 1. The van der Waals surface area contributed by atoms with E-state index in [1.807, 2.05) is 18.2 Å². The van der Waals surface area contributed by atoms with E-state index in [1.165, 1.54) is 27.7 Å². The van der Waals surface area contributed by atoms with Crippen molar-refractivity contribution in [1.29, 1.82) is 0 Å². The smallest absolute Gasteiger partial charge is 0.128 e. The third-order valence-electron chi connectivity index (χ3n) is 3.83. The number of rotatable bonds is 3. The molecule has 1 aromatic heterocycles. The number of benzene rings is 2. The normalized spacial score (nSPS) is 10.9. The molecular weight excluding hydrogens is 246 g/mol. The van der Waals surface area contributed by atoms with Crippen LogP contribution in [0.25, 0.3) is 10.9 Å². The van der Waals surface area contributed by atoms with E-state index in [4.69, 9.17) is 4.74 Å². The average molecular weight is 265 g/mol. The fourth-order valence-electron chi connectivity index (χ4n) is 2.68. The molecule has 0 amide bonds. The minimum absolute atomic E-state index is 0.593. The van der Waals surface area contributed by atoms with Gasteiger partial charge in [0, 0.05) is 12.4 Å². The highest BCUT2D eigenvalue weighted by atomic mass is 16.5. The Kier molecular flexibility index (Phi) is 3.23. The van der Waals surface area contributed by atoms with Crippen LogP contribution < -0.4 is 4.74 Å². The van der Waals surface area contributed by atoms with Crippen molar-refractivity contribution in [2.45, 2.75) is 20.5 Å². The SMILES string of the molecule is Cc1ccccc1OCc1cc2cccc(C)c2n1C. The van der Waals surface area contributed by atoms with Crippen LogP contribution in [0.15, 0.2) is 48.5 Å². The highest BCUT2D eigenvalue weighted by molar-refractivity contribution is 5.84. The number of fused-ring (bicyclic) bond motifs is 1. The van der Waals surface area contributed by atoms with Gasteiger partial charge in [0.05, 0.1) is 11.2 Å². The van der Waals surface area contributed by atoms with Gasteiger partial charge in [0.1, 0.15) is 12.4 Å². The Morgan fingerprint density at radius 1 is 0.950 bits per heavy atom. The Morgan fingerprint density at radius 2 is 1.70 bits per heavy atom. The van der Waals surface area contributed by atoms with Gasteiger partial charge in [-0.05, 0) is 37.1 Å². The third kappa shape index (κ3) is 2.18. The molecule has 0 aliphatic rings. The number of para-hydroxylation sites is 2. The molecule has 0 aliphatic heterocycles. The van der Waals surface area contributed by atoms with E-state index < -0.39 is 0 Å². The first kappa shape index (κ1) is 12.8. The molecule has 0 saturated heterocycles. The summed E-state index contributed by atoms with van der Waals surface area (Å²) in [6.45, 7) is 4.81. The zero-order valence-corrected chi connectivity index (χ0v) is 12.2. The number of hydrogen-bond acceptors (Lipinski definition) is 1. The number of ether oxygens (including phenoxy) is 1. The topological polar surface area (TPSA) is 14.2 Å². The summed E-state index contributed by atoms with van der Waals surface area (Å²) in [6, 6.07) is 16.7. The molecule has 2 nitrogen and oxygen atoms in total. The molecule has 0 radical (unpaired) electrons. The van der Waals surface area contributed by atoms with Gasteiger partial charge in [0.2, 0.25) is 0 Å². The zero-order chi connectivity index (χ0) is 14.1. The monoisotopic (exact) mass is 265 g/mol. The molecule has 1 heterocycles. The van der Waals surface area contributed by atoms with Crippen molar-refractivity contribution in [3.63, 3.8) is 0 Å². The van der Waals surface area contributed by atoms with Gasteiger partial charge in [0.25, 0.3) is 0 Å². The summed E-state index contributed by atoms with van der Waals surface area (Å²) < 4.78 is 8.18. The van der Waals surface area contributed by atoms with Crippen LogP contribution in [-0.4, -0.2) is 4.57 Å². The van der Waals surface area contributed by atoms with Crippen LogP contribution in [0.5, 0.6) is 5.75 Å². The first-order valence-corrected chi connectivity index (χ1v) is 6.89. The van der Waals surface area contributed by atoms with Gasteiger partial charge in [-0.25, -0.2) is 0 Å². The molecule has 0 saturated carbocycles. The highest BCUT2D eigenvalue weighted by Gasteiger charge is 2.08. The van der Waals surface area contributed by atoms with Gasteiger partial charge < -0.3 is 9.30 Å². The second-order valence-electron chi connectivity index (χ2n) is 5.26. The van der Waals surface area contributed by atoms with E-state index in [2.05, 4.69) is 55.8 Å². The molecule has 102 valence electrons. The fourth-order valence-corrected chi connectivity index (χ4v) is 2.68. The summed E-state index contributed by atoms with van der Waals surface area (Å²) in [5, 5.41) is 1.27. The molecule has 0 bridgehead atoms. The Hall–Kier alpha value is -2.22. The van der Waals surface area contributed by atoms with Crippen LogP contribution in [0.4, 0.5) is 0 Å². The van der Waals surface area contributed by atoms with Crippen molar-refractivity contribution in [3.8, 4) is 5.75 Å². The van der Waals surface area contributed by atoms with Crippen LogP contribution in [-0.2, 0) is 13.7 Å². The summed E-state index contributed by atoms with van der Waals surface area (Å²) in [7, 11) is 2.10. The van der Waals surface area contributed by atoms with Crippen molar-refractivity contribution in [3.05, 3.63) is 65.4 Å². The van der Waals surface area contributed by atoms with Crippen LogP contribution in [0.1, 0.15) is 16.8 Å². The van der Waals surface area contributed by atoms with E-state index in [0.717, 1.165) is 5.75 Å². The average Bonchev–Trinajstić information content (AvgIpc) is 2.76.